The number of carbonyl (C=O) groups is 2. The first-order valence-electron chi connectivity index (χ1n) is 6.55. The lowest BCUT2D eigenvalue weighted by atomic mass is 10.0. The maximum absolute atomic E-state index is 12.5. The molecule has 0 aliphatic carbocycles. The first kappa shape index (κ1) is 15.8. The molecule has 0 aromatic heterocycles. The van der Waals surface area contributed by atoms with Gasteiger partial charge in [-0.3, -0.25) is 9.59 Å². The van der Waals surface area contributed by atoms with Gasteiger partial charge in [0.05, 0.1) is 23.7 Å². The van der Waals surface area contributed by atoms with Crippen LogP contribution in [0.4, 0.5) is 0 Å². The highest BCUT2D eigenvalue weighted by Crippen LogP contribution is 2.27. The van der Waals surface area contributed by atoms with Gasteiger partial charge in [-0.2, -0.15) is 0 Å². The van der Waals surface area contributed by atoms with Gasteiger partial charge in [0.2, 0.25) is 0 Å². The van der Waals surface area contributed by atoms with E-state index in [9.17, 15) is 19.8 Å². The fourth-order valence-corrected chi connectivity index (χ4v) is 2.67. The zero-order chi connectivity index (χ0) is 15.6. The van der Waals surface area contributed by atoms with Crippen LogP contribution in [0.15, 0.2) is 22.7 Å². The van der Waals surface area contributed by atoms with Gasteiger partial charge >= 0.3 is 5.97 Å². The first-order chi connectivity index (χ1) is 9.95. The molecule has 0 saturated carbocycles. The normalized spacial score (nSPS) is 21.2. The molecule has 1 amide bonds. The Hall–Kier alpha value is -1.60. The van der Waals surface area contributed by atoms with Crippen molar-refractivity contribution < 1.29 is 24.5 Å². The van der Waals surface area contributed by atoms with Crippen LogP contribution < -0.4 is 0 Å². The number of phenols is 1. The Kier molecular flexibility index (Phi) is 4.84. The maximum atomic E-state index is 12.5. The van der Waals surface area contributed by atoms with Crippen LogP contribution in [0.25, 0.3) is 0 Å². The standard InChI is InChI=1S/C14H16BrNO5/c1-2-16(11-7-21-6-9(11)14(19)20)13(18)8-3-4-10(15)12(17)5-8/h3-5,9,11,17H,2,6-7H2,1H3,(H,19,20). The van der Waals surface area contributed by atoms with Crippen LogP contribution in [0.5, 0.6) is 5.75 Å². The van der Waals surface area contributed by atoms with Crippen molar-refractivity contribution in [3.63, 3.8) is 0 Å². The van der Waals surface area contributed by atoms with E-state index in [0.29, 0.717) is 16.6 Å². The molecule has 0 radical (unpaired) electrons. The van der Waals surface area contributed by atoms with Gasteiger partial charge in [-0.05, 0) is 41.1 Å². The van der Waals surface area contributed by atoms with Gasteiger partial charge < -0.3 is 19.8 Å². The number of likely N-dealkylation sites (N-methyl/N-ethyl adjacent to an activating group) is 1. The second kappa shape index (κ2) is 6.44. The van der Waals surface area contributed by atoms with Crippen molar-refractivity contribution in [2.45, 2.75) is 13.0 Å². The van der Waals surface area contributed by atoms with E-state index in [0.717, 1.165) is 0 Å². The Labute approximate surface area is 130 Å². The molecule has 2 rings (SSSR count). The minimum Gasteiger partial charge on any atom is -0.507 e. The second-order valence-corrected chi connectivity index (χ2v) is 5.66. The largest absolute Gasteiger partial charge is 0.507 e. The molecular weight excluding hydrogens is 342 g/mol. The molecule has 1 aromatic rings. The van der Waals surface area contributed by atoms with E-state index in [4.69, 9.17) is 4.74 Å². The number of halogens is 1. The molecule has 2 unspecified atom stereocenters. The lowest BCUT2D eigenvalue weighted by Crippen LogP contribution is -2.46. The molecule has 1 aliphatic heterocycles. The highest BCUT2D eigenvalue weighted by molar-refractivity contribution is 9.10. The highest BCUT2D eigenvalue weighted by Gasteiger charge is 2.39. The third kappa shape index (κ3) is 3.19. The van der Waals surface area contributed by atoms with Crippen LogP contribution in [0.1, 0.15) is 17.3 Å². The summed E-state index contributed by atoms with van der Waals surface area (Å²) >= 11 is 3.15. The predicted octanol–water partition coefficient (Wildman–Crippen LogP) is 1.72. The SMILES string of the molecule is CCN(C(=O)c1ccc(Br)c(O)c1)C1COCC1C(=O)O. The Morgan fingerprint density at radius 2 is 2.14 bits per heavy atom. The Balaban J connectivity index is 2.26. The van der Waals surface area contributed by atoms with Gasteiger partial charge in [0.1, 0.15) is 11.7 Å². The number of aliphatic carboxylic acids is 1. The molecule has 0 spiro atoms. The number of aromatic hydroxyl groups is 1. The lowest BCUT2D eigenvalue weighted by Gasteiger charge is -2.29. The summed E-state index contributed by atoms with van der Waals surface area (Å²) in [6.45, 7) is 2.47. The van der Waals surface area contributed by atoms with Crippen LogP contribution in [0.3, 0.4) is 0 Å². The quantitative estimate of drug-likeness (QED) is 0.856. The summed E-state index contributed by atoms with van der Waals surface area (Å²) in [6, 6.07) is 4.03. The molecule has 1 saturated heterocycles. The summed E-state index contributed by atoms with van der Waals surface area (Å²) in [5.74, 6) is -2.04. The number of phenolic OH excluding ortho intramolecular Hbond substituents is 1. The number of hydrogen-bond acceptors (Lipinski definition) is 4. The summed E-state index contributed by atoms with van der Waals surface area (Å²) in [5, 5.41) is 18.9. The minimum absolute atomic E-state index is 0.0330. The third-order valence-corrected chi connectivity index (χ3v) is 4.23. The Morgan fingerprint density at radius 1 is 1.43 bits per heavy atom. The number of ether oxygens (including phenoxy) is 1. The third-order valence-electron chi connectivity index (χ3n) is 3.56. The number of benzene rings is 1. The maximum Gasteiger partial charge on any atom is 0.311 e. The number of amides is 1. The van der Waals surface area contributed by atoms with Crippen LogP contribution >= 0.6 is 15.9 Å². The summed E-state index contributed by atoms with van der Waals surface area (Å²) < 4.78 is 5.71. The molecule has 1 aromatic carbocycles. The topological polar surface area (TPSA) is 87.1 Å². The van der Waals surface area contributed by atoms with Gasteiger partial charge in [0.25, 0.3) is 5.91 Å². The van der Waals surface area contributed by atoms with E-state index in [2.05, 4.69) is 15.9 Å². The molecule has 114 valence electrons. The zero-order valence-electron chi connectivity index (χ0n) is 11.5. The van der Waals surface area contributed by atoms with Crippen molar-refractivity contribution in [3.8, 4) is 5.75 Å². The van der Waals surface area contributed by atoms with Gasteiger partial charge in [0, 0.05) is 12.1 Å². The van der Waals surface area contributed by atoms with E-state index < -0.39 is 17.9 Å². The molecule has 6 nitrogen and oxygen atoms in total. The average molecular weight is 358 g/mol. The zero-order valence-corrected chi connectivity index (χ0v) is 13.0. The number of hydrogen-bond donors (Lipinski definition) is 2. The number of carbonyl (C=O) groups excluding carboxylic acids is 1. The predicted molar refractivity (Wildman–Crippen MR) is 78.3 cm³/mol. The average Bonchev–Trinajstić information content (AvgIpc) is 2.92. The van der Waals surface area contributed by atoms with Crippen LogP contribution in [-0.2, 0) is 9.53 Å². The van der Waals surface area contributed by atoms with Gasteiger partial charge in [-0.1, -0.05) is 0 Å². The van der Waals surface area contributed by atoms with Crippen LogP contribution in [0.2, 0.25) is 0 Å². The molecule has 1 aliphatic rings. The smallest absolute Gasteiger partial charge is 0.311 e. The van der Waals surface area contributed by atoms with Crippen molar-refractivity contribution >= 4 is 27.8 Å². The summed E-state index contributed by atoms with van der Waals surface area (Å²) in [7, 11) is 0. The molecule has 2 N–H and O–H groups in total. The van der Waals surface area contributed by atoms with Crippen molar-refractivity contribution in [2.75, 3.05) is 19.8 Å². The monoisotopic (exact) mass is 357 g/mol. The molecule has 1 fully saturated rings. The molecular formula is C14H16BrNO5. The molecule has 21 heavy (non-hydrogen) atoms. The van der Waals surface area contributed by atoms with Crippen molar-refractivity contribution in [1.29, 1.82) is 0 Å². The minimum atomic E-state index is -0.970. The molecule has 1 heterocycles. The van der Waals surface area contributed by atoms with Gasteiger partial charge in [-0.15, -0.1) is 0 Å². The van der Waals surface area contributed by atoms with E-state index in [1.165, 1.54) is 11.0 Å². The second-order valence-electron chi connectivity index (χ2n) is 4.81. The van der Waals surface area contributed by atoms with Crippen molar-refractivity contribution in [3.05, 3.63) is 28.2 Å². The van der Waals surface area contributed by atoms with E-state index >= 15 is 0 Å². The summed E-state index contributed by atoms with van der Waals surface area (Å²) in [4.78, 5) is 25.3. The molecule has 0 bridgehead atoms. The van der Waals surface area contributed by atoms with Gasteiger partial charge in [-0.25, -0.2) is 0 Å². The Bertz CT molecular complexity index is 562. The number of nitrogens with zero attached hydrogens (tertiary/aromatic N) is 1. The summed E-state index contributed by atoms with van der Waals surface area (Å²) in [5.41, 5.74) is 0.314. The van der Waals surface area contributed by atoms with E-state index in [-0.39, 0.29) is 24.9 Å². The number of carboxylic acid groups (broad SMARTS) is 1. The number of carboxylic acids is 1. The fraction of sp³-hybridized carbons (Fsp3) is 0.429. The highest BCUT2D eigenvalue weighted by atomic mass is 79.9. The fourth-order valence-electron chi connectivity index (χ4n) is 2.43. The van der Waals surface area contributed by atoms with E-state index in [1.54, 1.807) is 19.1 Å². The van der Waals surface area contributed by atoms with Crippen LogP contribution in [-0.4, -0.2) is 52.8 Å². The molecule has 7 heteroatoms. The van der Waals surface area contributed by atoms with Crippen molar-refractivity contribution in [1.82, 2.24) is 4.90 Å². The first-order valence-corrected chi connectivity index (χ1v) is 7.35. The van der Waals surface area contributed by atoms with E-state index in [1.807, 2.05) is 0 Å². The summed E-state index contributed by atoms with van der Waals surface area (Å²) in [6.07, 6.45) is 0. The number of rotatable bonds is 4. The molecule has 2 atom stereocenters. The Morgan fingerprint density at radius 3 is 2.71 bits per heavy atom. The van der Waals surface area contributed by atoms with Crippen molar-refractivity contribution in [2.24, 2.45) is 5.92 Å². The van der Waals surface area contributed by atoms with Gasteiger partial charge in [0.15, 0.2) is 0 Å². The van der Waals surface area contributed by atoms with Crippen LogP contribution in [0, 0.1) is 5.92 Å². The lowest BCUT2D eigenvalue weighted by molar-refractivity contribution is -0.142.